The van der Waals surface area contributed by atoms with Crippen molar-refractivity contribution in [2.75, 3.05) is 19.8 Å². The molecule has 0 saturated carbocycles. The summed E-state index contributed by atoms with van der Waals surface area (Å²) < 4.78 is 28.0. The normalized spacial score (nSPS) is 29.1. The van der Waals surface area contributed by atoms with Crippen LogP contribution in [-0.4, -0.2) is 63.9 Å². The van der Waals surface area contributed by atoms with Gasteiger partial charge in [-0.15, -0.1) is 0 Å². The van der Waals surface area contributed by atoms with Gasteiger partial charge in [0.2, 0.25) is 6.54 Å². The molecule has 10 nitrogen and oxygen atoms in total. The SMILES string of the molecule is [C-]#[N+]CCOP(O[C@@H]1C2OC[C@]1(C)O[C@H]2n1ccc(=O)[nH]c1=O)N(C(C)C)C(C)C. The second-order valence-corrected chi connectivity index (χ2v) is 9.57. The zero-order valence-corrected chi connectivity index (χ0v) is 18.8. The summed E-state index contributed by atoms with van der Waals surface area (Å²) in [5.41, 5.74) is -1.80. The first-order valence-corrected chi connectivity index (χ1v) is 11.1. The van der Waals surface area contributed by atoms with E-state index in [4.69, 9.17) is 25.1 Å². The van der Waals surface area contributed by atoms with Crippen LogP contribution >= 0.6 is 8.53 Å². The molecule has 0 radical (unpaired) electrons. The Morgan fingerprint density at radius 2 is 2.10 bits per heavy atom. The number of aromatic nitrogens is 2. The van der Waals surface area contributed by atoms with Gasteiger partial charge in [-0.2, -0.15) is 0 Å². The minimum absolute atomic E-state index is 0.162. The zero-order valence-electron chi connectivity index (χ0n) is 17.9. The van der Waals surface area contributed by atoms with Crippen LogP contribution in [0.4, 0.5) is 0 Å². The van der Waals surface area contributed by atoms with Gasteiger partial charge < -0.3 is 23.4 Å². The largest absolute Gasteiger partial charge is 0.368 e. The van der Waals surface area contributed by atoms with Crippen LogP contribution in [0.5, 0.6) is 0 Å². The van der Waals surface area contributed by atoms with E-state index in [1.807, 2.05) is 6.92 Å². The molecule has 1 aromatic rings. The Morgan fingerprint density at radius 1 is 1.40 bits per heavy atom. The summed E-state index contributed by atoms with van der Waals surface area (Å²) in [5, 5.41) is 0. The van der Waals surface area contributed by atoms with E-state index in [0.717, 1.165) is 0 Å². The van der Waals surface area contributed by atoms with Gasteiger partial charge in [0.1, 0.15) is 24.4 Å². The van der Waals surface area contributed by atoms with Gasteiger partial charge in [0, 0.05) is 24.3 Å². The van der Waals surface area contributed by atoms with Crippen molar-refractivity contribution >= 4 is 8.53 Å². The van der Waals surface area contributed by atoms with E-state index in [1.54, 1.807) is 0 Å². The molecule has 2 fully saturated rings. The van der Waals surface area contributed by atoms with E-state index < -0.39 is 43.8 Å². The quantitative estimate of drug-likeness (QED) is 0.356. The third kappa shape index (κ3) is 4.52. The van der Waals surface area contributed by atoms with Crippen molar-refractivity contribution in [2.24, 2.45) is 0 Å². The smallest absolute Gasteiger partial charge is 0.330 e. The summed E-state index contributed by atoms with van der Waals surface area (Å²) >= 11 is 0. The average Bonchev–Trinajstić information content (AvgIpc) is 3.10. The number of ether oxygens (including phenoxy) is 2. The number of hydrogen-bond acceptors (Lipinski definition) is 7. The van der Waals surface area contributed by atoms with Crippen molar-refractivity contribution in [3.05, 3.63) is 44.5 Å². The Hall–Kier alpha value is -1.60. The van der Waals surface area contributed by atoms with E-state index in [-0.39, 0.29) is 25.2 Å². The van der Waals surface area contributed by atoms with Gasteiger partial charge in [-0.3, -0.25) is 14.3 Å². The molecule has 2 aliphatic rings. The van der Waals surface area contributed by atoms with Crippen LogP contribution in [0.25, 0.3) is 4.85 Å². The number of aromatic amines is 1. The lowest BCUT2D eigenvalue weighted by molar-refractivity contribution is -0.167. The second-order valence-electron chi connectivity index (χ2n) is 8.16. The molecule has 3 heterocycles. The number of rotatable bonds is 9. The predicted molar refractivity (Wildman–Crippen MR) is 111 cm³/mol. The van der Waals surface area contributed by atoms with Crippen LogP contribution in [0.3, 0.4) is 0 Å². The highest BCUT2D eigenvalue weighted by atomic mass is 31.2. The Kier molecular flexibility index (Phi) is 7.13. The number of hydrogen-bond donors (Lipinski definition) is 1. The van der Waals surface area contributed by atoms with Crippen LogP contribution in [0.1, 0.15) is 40.8 Å². The lowest BCUT2D eigenvalue weighted by Crippen LogP contribution is -2.41. The number of fused-ring (bicyclic) bond motifs is 2. The molecule has 1 aromatic heterocycles. The molecule has 0 spiro atoms. The molecule has 1 N–H and O–H groups in total. The van der Waals surface area contributed by atoms with Crippen molar-refractivity contribution in [3.63, 3.8) is 0 Å². The lowest BCUT2D eigenvalue weighted by Gasteiger charge is -2.37. The first-order chi connectivity index (χ1) is 14.2. The van der Waals surface area contributed by atoms with E-state index in [1.165, 1.54) is 16.8 Å². The predicted octanol–water partition coefficient (Wildman–Crippen LogP) is 1.89. The fraction of sp³-hybridized carbons (Fsp3) is 0.737. The minimum Gasteiger partial charge on any atom is -0.368 e. The highest BCUT2D eigenvalue weighted by Gasteiger charge is 2.61. The van der Waals surface area contributed by atoms with Gasteiger partial charge in [0.05, 0.1) is 6.61 Å². The summed E-state index contributed by atoms with van der Waals surface area (Å²) in [6.45, 7) is 18.0. The summed E-state index contributed by atoms with van der Waals surface area (Å²) in [6, 6.07) is 1.60. The van der Waals surface area contributed by atoms with Gasteiger partial charge in [0.15, 0.2) is 6.23 Å². The molecule has 0 aromatic carbocycles. The van der Waals surface area contributed by atoms with Crippen LogP contribution in [0, 0.1) is 6.57 Å². The van der Waals surface area contributed by atoms with Crippen molar-refractivity contribution in [2.45, 2.75) is 70.7 Å². The maximum Gasteiger partial charge on any atom is 0.330 e. The van der Waals surface area contributed by atoms with Gasteiger partial charge in [-0.05, 0) is 34.6 Å². The summed E-state index contributed by atoms with van der Waals surface area (Å²) in [7, 11) is -1.49. The van der Waals surface area contributed by atoms with Gasteiger partial charge >= 0.3 is 5.69 Å². The molecular weight excluding hydrogens is 411 g/mol. The second kappa shape index (κ2) is 9.27. The molecule has 0 amide bonds. The summed E-state index contributed by atoms with van der Waals surface area (Å²) in [5.74, 6) is 0. The van der Waals surface area contributed by atoms with Crippen LogP contribution in [0.2, 0.25) is 0 Å². The Balaban J connectivity index is 1.86. The average molecular weight is 440 g/mol. The van der Waals surface area contributed by atoms with Crippen LogP contribution < -0.4 is 11.2 Å². The van der Waals surface area contributed by atoms with Crippen molar-refractivity contribution in [1.82, 2.24) is 14.2 Å². The first-order valence-electron chi connectivity index (χ1n) is 10.00. The molecular formula is C19H29N4O6P. The van der Waals surface area contributed by atoms with Gasteiger partial charge in [0.25, 0.3) is 14.1 Å². The number of nitrogens with one attached hydrogen (secondary N) is 1. The standard InChI is InChI=1S/C19H29N4O6P/c1-12(2)23(13(3)4)30(27-10-8-20-6)29-16-15-17(28-19(16,5)11-26-15)22-9-7-14(24)21-18(22)25/h7,9,12-13,15-17H,8,10-11H2,1-5H3,(H,21,24,25)/t15?,16-,17-,19+,30?/m1/s1. The van der Waals surface area contributed by atoms with Crippen molar-refractivity contribution in [1.29, 1.82) is 0 Å². The van der Waals surface area contributed by atoms with Crippen LogP contribution in [-0.2, 0) is 18.5 Å². The highest BCUT2D eigenvalue weighted by molar-refractivity contribution is 7.44. The number of H-pyrrole nitrogens is 1. The van der Waals surface area contributed by atoms with E-state index in [2.05, 4.69) is 42.2 Å². The first kappa shape index (κ1) is 23.1. The molecule has 5 atom stereocenters. The van der Waals surface area contributed by atoms with Crippen molar-refractivity contribution in [3.8, 4) is 0 Å². The topological polar surface area (TPSA) is 99.4 Å². The Labute approximate surface area is 176 Å². The highest BCUT2D eigenvalue weighted by Crippen LogP contribution is 2.54. The Bertz CT molecular complexity index is 888. The maximum absolute atomic E-state index is 12.3. The lowest BCUT2D eigenvalue weighted by atomic mass is 10.0. The molecule has 30 heavy (non-hydrogen) atoms. The third-order valence-corrected chi connectivity index (χ3v) is 7.23. The Morgan fingerprint density at radius 3 is 2.70 bits per heavy atom. The molecule has 11 heteroatoms. The molecule has 2 saturated heterocycles. The molecule has 166 valence electrons. The monoisotopic (exact) mass is 440 g/mol. The maximum atomic E-state index is 12.3. The molecule has 2 aliphatic heterocycles. The number of nitrogens with zero attached hydrogens (tertiary/aromatic N) is 3. The van der Waals surface area contributed by atoms with E-state index in [9.17, 15) is 9.59 Å². The minimum atomic E-state index is -1.49. The fourth-order valence-corrected chi connectivity index (χ4v) is 5.69. The fourth-order valence-electron chi connectivity index (χ4n) is 3.86. The van der Waals surface area contributed by atoms with E-state index >= 15 is 0 Å². The van der Waals surface area contributed by atoms with Gasteiger partial charge in [-0.25, -0.2) is 16.0 Å². The zero-order chi connectivity index (χ0) is 22.1. The van der Waals surface area contributed by atoms with Crippen molar-refractivity contribution < 1.29 is 18.5 Å². The molecule has 2 bridgehead atoms. The third-order valence-electron chi connectivity index (χ3n) is 5.11. The van der Waals surface area contributed by atoms with E-state index in [0.29, 0.717) is 6.61 Å². The molecule has 3 rings (SSSR count). The summed E-state index contributed by atoms with van der Waals surface area (Å²) in [4.78, 5) is 29.3. The van der Waals surface area contributed by atoms with Crippen LogP contribution in [0.15, 0.2) is 21.9 Å². The van der Waals surface area contributed by atoms with Gasteiger partial charge in [-0.1, -0.05) is 0 Å². The molecule has 2 unspecified atom stereocenters. The summed E-state index contributed by atoms with van der Waals surface area (Å²) in [6.07, 6.45) is -0.320. The molecule has 0 aliphatic carbocycles.